The molecule has 3 fully saturated rings. The maximum absolute atomic E-state index is 12.5. The summed E-state index contributed by atoms with van der Waals surface area (Å²) in [5.74, 6) is 2.71. The number of hydrogen-bond acceptors (Lipinski definition) is 6. The quantitative estimate of drug-likeness (QED) is 0.794. The van der Waals surface area contributed by atoms with E-state index in [-0.39, 0.29) is 24.5 Å². The summed E-state index contributed by atoms with van der Waals surface area (Å²) in [6, 6.07) is 2.17. The van der Waals surface area contributed by atoms with Gasteiger partial charge in [-0.2, -0.15) is 0 Å². The fraction of sp³-hybridized carbons (Fsp3) is 0.737. The van der Waals surface area contributed by atoms with Gasteiger partial charge in [0.25, 0.3) is 0 Å². The van der Waals surface area contributed by atoms with Crippen molar-refractivity contribution in [2.75, 3.05) is 42.6 Å². The van der Waals surface area contributed by atoms with Crippen LogP contribution in [-0.4, -0.2) is 59.8 Å². The first-order chi connectivity index (χ1) is 12.7. The molecule has 2 saturated heterocycles. The van der Waals surface area contributed by atoms with Crippen LogP contribution in [0.15, 0.2) is 12.4 Å². The van der Waals surface area contributed by atoms with Crippen LogP contribution in [0.3, 0.4) is 0 Å². The number of amides is 1. The average Bonchev–Trinajstić information content (AvgIpc) is 3.40. The lowest BCUT2D eigenvalue weighted by Gasteiger charge is -2.33. The molecule has 142 valence electrons. The second kappa shape index (κ2) is 7.78. The first-order valence-corrected chi connectivity index (χ1v) is 9.97. The predicted octanol–water partition coefficient (Wildman–Crippen LogP) is 1.18. The lowest BCUT2D eigenvalue weighted by atomic mass is 9.97. The highest BCUT2D eigenvalue weighted by Crippen LogP contribution is 2.29. The molecule has 1 aliphatic carbocycles. The first-order valence-electron chi connectivity index (χ1n) is 9.97. The predicted molar refractivity (Wildman–Crippen MR) is 100 cm³/mol. The molecule has 3 aliphatic rings. The van der Waals surface area contributed by atoms with Crippen LogP contribution in [0.25, 0.3) is 0 Å². The van der Waals surface area contributed by atoms with Gasteiger partial charge in [-0.15, -0.1) is 0 Å². The van der Waals surface area contributed by atoms with Gasteiger partial charge in [0, 0.05) is 32.2 Å². The molecule has 0 radical (unpaired) electrons. The molecule has 2 N–H and O–H groups in total. The van der Waals surface area contributed by atoms with E-state index in [1.807, 2.05) is 6.07 Å². The van der Waals surface area contributed by atoms with Crippen LogP contribution in [0, 0.1) is 11.8 Å². The number of carbonyl (C=O) groups excluding carboxylic acids is 1. The summed E-state index contributed by atoms with van der Waals surface area (Å²) >= 11 is 0. The second-order valence-corrected chi connectivity index (χ2v) is 7.88. The third-order valence-corrected chi connectivity index (χ3v) is 5.90. The Morgan fingerprint density at radius 2 is 1.96 bits per heavy atom. The van der Waals surface area contributed by atoms with Gasteiger partial charge in [0.15, 0.2) is 0 Å². The Morgan fingerprint density at radius 1 is 1.15 bits per heavy atom. The maximum Gasteiger partial charge on any atom is 0.224 e. The van der Waals surface area contributed by atoms with Gasteiger partial charge in [-0.25, -0.2) is 9.97 Å². The van der Waals surface area contributed by atoms with E-state index >= 15 is 0 Å². The Morgan fingerprint density at radius 3 is 2.77 bits per heavy atom. The van der Waals surface area contributed by atoms with Crippen LogP contribution in [0.1, 0.15) is 38.5 Å². The Bertz CT molecular complexity index is 636. The Balaban J connectivity index is 1.41. The molecule has 1 aromatic heterocycles. The van der Waals surface area contributed by atoms with Crippen molar-refractivity contribution >= 4 is 17.5 Å². The maximum atomic E-state index is 12.5. The number of rotatable bonds is 6. The van der Waals surface area contributed by atoms with Gasteiger partial charge in [-0.3, -0.25) is 4.79 Å². The van der Waals surface area contributed by atoms with Gasteiger partial charge in [0.2, 0.25) is 5.91 Å². The lowest BCUT2D eigenvalue weighted by Crippen LogP contribution is -2.44. The van der Waals surface area contributed by atoms with Crippen LogP contribution in [0.2, 0.25) is 0 Å². The number of aromatic nitrogens is 2. The van der Waals surface area contributed by atoms with Crippen LogP contribution >= 0.6 is 0 Å². The highest BCUT2D eigenvalue weighted by atomic mass is 16.3. The first kappa shape index (κ1) is 17.5. The molecule has 2 unspecified atom stereocenters. The Hall–Kier alpha value is -1.89. The number of aliphatic hydroxyl groups excluding tert-OH is 1. The van der Waals surface area contributed by atoms with Gasteiger partial charge in [0.1, 0.15) is 18.0 Å². The average molecular weight is 359 g/mol. The molecule has 0 aromatic carbocycles. The highest BCUT2D eigenvalue weighted by Gasteiger charge is 2.30. The second-order valence-electron chi connectivity index (χ2n) is 7.88. The molecule has 1 saturated carbocycles. The number of hydrogen-bond donors (Lipinski definition) is 2. The van der Waals surface area contributed by atoms with Crippen molar-refractivity contribution in [3.05, 3.63) is 12.4 Å². The monoisotopic (exact) mass is 359 g/mol. The zero-order valence-corrected chi connectivity index (χ0v) is 15.3. The van der Waals surface area contributed by atoms with E-state index in [0.29, 0.717) is 5.92 Å². The van der Waals surface area contributed by atoms with Gasteiger partial charge in [-0.1, -0.05) is 0 Å². The molecule has 0 bridgehead atoms. The fourth-order valence-electron chi connectivity index (χ4n) is 4.10. The summed E-state index contributed by atoms with van der Waals surface area (Å²) in [4.78, 5) is 25.7. The lowest BCUT2D eigenvalue weighted by molar-refractivity contribution is -0.125. The van der Waals surface area contributed by atoms with Crippen LogP contribution < -0.4 is 15.1 Å². The van der Waals surface area contributed by atoms with Gasteiger partial charge in [0.05, 0.1) is 18.6 Å². The van der Waals surface area contributed by atoms with Crippen molar-refractivity contribution < 1.29 is 9.90 Å². The minimum Gasteiger partial charge on any atom is -0.394 e. The van der Waals surface area contributed by atoms with Gasteiger partial charge in [-0.05, 0) is 44.4 Å². The molecule has 7 heteroatoms. The number of aliphatic hydroxyl groups is 1. The molecule has 2 atom stereocenters. The summed E-state index contributed by atoms with van der Waals surface area (Å²) < 4.78 is 0. The smallest absolute Gasteiger partial charge is 0.224 e. The van der Waals surface area contributed by atoms with Crippen LogP contribution in [0.4, 0.5) is 11.6 Å². The number of carbonyl (C=O) groups is 1. The molecule has 0 spiro atoms. The third-order valence-electron chi connectivity index (χ3n) is 5.90. The van der Waals surface area contributed by atoms with Gasteiger partial charge < -0.3 is 20.2 Å². The standard InChI is InChI=1S/C19H29N5O2/c25-12-16-4-2-8-24(16)18-9-17(21-13-22-18)23-7-1-3-15(11-23)19(26)20-10-14-5-6-14/h9,13-16,25H,1-8,10-12H2,(H,20,26). The normalized spacial score (nSPS) is 26.2. The Kier molecular flexibility index (Phi) is 5.24. The largest absolute Gasteiger partial charge is 0.394 e. The van der Waals surface area contributed by atoms with Crippen molar-refractivity contribution in [2.45, 2.75) is 44.6 Å². The zero-order valence-electron chi connectivity index (χ0n) is 15.3. The van der Waals surface area contributed by atoms with Crippen LogP contribution in [-0.2, 0) is 4.79 Å². The topological polar surface area (TPSA) is 81.6 Å². The molecule has 1 aromatic rings. The number of nitrogens with zero attached hydrogens (tertiary/aromatic N) is 4. The summed E-state index contributed by atoms with van der Waals surface area (Å²) in [7, 11) is 0. The molecular weight excluding hydrogens is 330 g/mol. The zero-order chi connectivity index (χ0) is 17.9. The van der Waals surface area contributed by atoms with E-state index in [4.69, 9.17) is 0 Å². The molecule has 7 nitrogen and oxygen atoms in total. The molecular formula is C19H29N5O2. The van der Waals surface area contributed by atoms with Gasteiger partial charge >= 0.3 is 0 Å². The summed E-state index contributed by atoms with van der Waals surface area (Å²) in [6.45, 7) is 3.56. The van der Waals surface area contributed by atoms with E-state index < -0.39 is 0 Å². The number of anilines is 2. The van der Waals surface area contributed by atoms with E-state index in [2.05, 4.69) is 25.1 Å². The minimum atomic E-state index is 0.0397. The minimum absolute atomic E-state index is 0.0397. The summed E-state index contributed by atoms with van der Waals surface area (Å²) in [5.41, 5.74) is 0. The molecule has 2 aliphatic heterocycles. The van der Waals surface area contributed by atoms with Crippen molar-refractivity contribution in [1.29, 1.82) is 0 Å². The van der Waals surface area contributed by atoms with Crippen molar-refractivity contribution in [3.8, 4) is 0 Å². The summed E-state index contributed by atoms with van der Waals surface area (Å²) in [5, 5.41) is 12.7. The van der Waals surface area contributed by atoms with E-state index in [9.17, 15) is 9.90 Å². The molecule has 3 heterocycles. The van der Waals surface area contributed by atoms with Crippen molar-refractivity contribution in [2.24, 2.45) is 11.8 Å². The highest BCUT2D eigenvalue weighted by molar-refractivity contribution is 5.79. The summed E-state index contributed by atoms with van der Waals surface area (Å²) in [6.07, 6.45) is 8.15. The molecule has 1 amide bonds. The molecule has 26 heavy (non-hydrogen) atoms. The van der Waals surface area contributed by atoms with Crippen molar-refractivity contribution in [1.82, 2.24) is 15.3 Å². The number of piperidine rings is 1. The third kappa shape index (κ3) is 3.92. The Labute approximate surface area is 154 Å². The van der Waals surface area contributed by atoms with Crippen molar-refractivity contribution in [3.63, 3.8) is 0 Å². The van der Waals surface area contributed by atoms with E-state index in [0.717, 1.165) is 63.5 Å². The molecule has 4 rings (SSSR count). The van der Waals surface area contributed by atoms with E-state index in [1.165, 1.54) is 12.8 Å². The SMILES string of the molecule is O=C(NCC1CC1)C1CCCN(c2cc(N3CCCC3CO)ncn2)C1. The fourth-order valence-corrected chi connectivity index (χ4v) is 4.10. The van der Waals surface area contributed by atoms with Crippen LogP contribution in [0.5, 0.6) is 0 Å². The number of nitrogens with one attached hydrogen (secondary N) is 1. The van der Waals surface area contributed by atoms with E-state index in [1.54, 1.807) is 6.33 Å².